The minimum Gasteiger partial charge on any atom is -0.312 e. The minimum absolute atomic E-state index is 0.136. The highest BCUT2D eigenvalue weighted by Gasteiger charge is 2.23. The van der Waals surface area contributed by atoms with E-state index < -0.39 is 0 Å². The van der Waals surface area contributed by atoms with Gasteiger partial charge in [0.1, 0.15) is 5.82 Å². The van der Waals surface area contributed by atoms with Gasteiger partial charge in [0.05, 0.1) is 0 Å². The molecule has 0 bridgehead atoms. The first kappa shape index (κ1) is 14.5. The van der Waals surface area contributed by atoms with Crippen LogP contribution in [0.15, 0.2) is 24.3 Å². The van der Waals surface area contributed by atoms with E-state index in [2.05, 4.69) is 31.0 Å². The summed E-state index contributed by atoms with van der Waals surface area (Å²) in [6.45, 7) is 10.8. The summed E-state index contributed by atoms with van der Waals surface area (Å²) in [6.07, 6.45) is 1.23. The topological polar surface area (TPSA) is 15.3 Å². The maximum Gasteiger partial charge on any atom is 0.123 e. The van der Waals surface area contributed by atoms with Gasteiger partial charge in [0.2, 0.25) is 0 Å². The highest BCUT2D eigenvalue weighted by atomic mass is 19.1. The molecule has 1 atom stereocenters. The lowest BCUT2D eigenvalue weighted by Crippen LogP contribution is -2.39. The van der Waals surface area contributed by atoms with Crippen molar-refractivity contribution in [2.45, 2.75) is 39.3 Å². The number of hydrogen-bond donors (Lipinski definition) is 1. The van der Waals surface area contributed by atoms with Crippen molar-refractivity contribution in [3.63, 3.8) is 0 Å². The predicted octanol–water partition coefficient (Wildman–Crippen LogP) is 3.04. The van der Waals surface area contributed by atoms with E-state index in [0.717, 1.165) is 31.7 Å². The van der Waals surface area contributed by atoms with Crippen molar-refractivity contribution in [2.75, 3.05) is 19.6 Å². The molecule has 19 heavy (non-hydrogen) atoms. The Kier molecular flexibility index (Phi) is 4.58. The second-order valence-electron chi connectivity index (χ2n) is 6.65. The molecule has 1 unspecified atom stereocenters. The largest absolute Gasteiger partial charge is 0.312 e. The van der Waals surface area contributed by atoms with Gasteiger partial charge in [0, 0.05) is 18.6 Å². The monoisotopic (exact) mass is 264 g/mol. The Bertz CT molecular complexity index is 411. The van der Waals surface area contributed by atoms with Crippen LogP contribution in [0.1, 0.15) is 32.8 Å². The molecule has 3 heteroatoms. The van der Waals surface area contributed by atoms with E-state index in [4.69, 9.17) is 0 Å². The van der Waals surface area contributed by atoms with Crippen LogP contribution in [0.2, 0.25) is 0 Å². The molecule has 1 aliphatic rings. The zero-order chi connectivity index (χ0) is 13.9. The summed E-state index contributed by atoms with van der Waals surface area (Å²) in [5, 5.41) is 3.57. The average Bonchev–Trinajstić information content (AvgIpc) is 2.73. The van der Waals surface area contributed by atoms with E-state index in [9.17, 15) is 4.39 Å². The van der Waals surface area contributed by atoms with Gasteiger partial charge in [-0.2, -0.15) is 0 Å². The van der Waals surface area contributed by atoms with Gasteiger partial charge in [-0.1, -0.05) is 12.1 Å². The Morgan fingerprint density at radius 2 is 2.16 bits per heavy atom. The molecule has 1 N–H and O–H groups in total. The van der Waals surface area contributed by atoms with E-state index in [1.165, 1.54) is 12.5 Å². The molecule has 1 heterocycles. The van der Waals surface area contributed by atoms with Gasteiger partial charge < -0.3 is 5.32 Å². The molecule has 1 saturated heterocycles. The van der Waals surface area contributed by atoms with Crippen LogP contribution in [0, 0.1) is 11.7 Å². The van der Waals surface area contributed by atoms with Gasteiger partial charge in [-0.15, -0.1) is 0 Å². The molecule has 2 rings (SSSR count). The van der Waals surface area contributed by atoms with Crippen LogP contribution in [0.5, 0.6) is 0 Å². The molecule has 0 aliphatic carbocycles. The van der Waals surface area contributed by atoms with Crippen LogP contribution in [-0.4, -0.2) is 30.1 Å². The highest BCUT2D eigenvalue weighted by Crippen LogP contribution is 2.19. The van der Waals surface area contributed by atoms with Crippen LogP contribution in [0.3, 0.4) is 0 Å². The Hall–Kier alpha value is -0.930. The first-order valence-electron chi connectivity index (χ1n) is 7.14. The van der Waals surface area contributed by atoms with Crippen molar-refractivity contribution in [2.24, 2.45) is 5.92 Å². The van der Waals surface area contributed by atoms with E-state index in [1.807, 2.05) is 6.07 Å². The molecule has 0 spiro atoms. The summed E-state index contributed by atoms with van der Waals surface area (Å²) < 4.78 is 13.1. The van der Waals surface area contributed by atoms with Gasteiger partial charge in [-0.05, 0) is 63.9 Å². The summed E-state index contributed by atoms with van der Waals surface area (Å²) in [5.74, 6) is 0.579. The fraction of sp³-hybridized carbons (Fsp3) is 0.625. The molecular weight excluding hydrogens is 239 g/mol. The predicted molar refractivity (Wildman–Crippen MR) is 77.5 cm³/mol. The standard InChI is InChI=1S/C16H25FN2/c1-16(2,3)18-10-14-7-8-19(12-14)11-13-5-4-6-15(17)9-13/h4-6,9,14,18H,7-8,10-12H2,1-3H3. The van der Waals surface area contributed by atoms with Crippen LogP contribution >= 0.6 is 0 Å². The van der Waals surface area contributed by atoms with Crippen molar-refractivity contribution in [3.05, 3.63) is 35.6 Å². The van der Waals surface area contributed by atoms with E-state index in [1.54, 1.807) is 12.1 Å². The Labute approximate surface area is 116 Å². The smallest absolute Gasteiger partial charge is 0.123 e. The average molecular weight is 264 g/mol. The quantitative estimate of drug-likeness (QED) is 0.899. The van der Waals surface area contributed by atoms with Crippen LogP contribution in [0.4, 0.5) is 4.39 Å². The number of nitrogens with one attached hydrogen (secondary N) is 1. The number of benzene rings is 1. The summed E-state index contributed by atoms with van der Waals surface area (Å²) in [6, 6.07) is 6.94. The lowest BCUT2D eigenvalue weighted by molar-refractivity contribution is 0.305. The third-order valence-corrected chi connectivity index (χ3v) is 3.59. The summed E-state index contributed by atoms with van der Waals surface area (Å²) >= 11 is 0. The molecule has 1 aliphatic heterocycles. The first-order chi connectivity index (χ1) is 8.92. The van der Waals surface area contributed by atoms with Crippen LogP contribution in [-0.2, 0) is 6.54 Å². The third-order valence-electron chi connectivity index (χ3n) is 3.59. The highest BCUT2D eigenvalue weighted by molar-refractivity contribution is 5.16. The number of likely N-dealkylation sites (tertiary alicyclic amines) is 1. The van der Waals surface area contributed by atoms with Crippen LogP contribution < -0.4 is 5.32 Å². The molecule has 1 aromatic carbocycles. The molecule has 0 amide bonds. The summed E-state index contributed by atoms with van der Waals surface area (Å²) in [7, 11) is 0. The third kappa shape index (κ3) is 4.92. The lowest BCUT2D eigenvalue weighted by Gasteiger charge is -2.23. The van der Waals surface area contributed by atoms with Gasteiger partial charge in [-0.25, -0.2) is 4.39 Å². The Balaban J connectivity index is 1.79. The second kappa shape index (κ2) is 6.02. The van der Waals surface area contributed by atoms with Crippen LogP contribution in [0.25, 0.3) is 0 Å². The van der Waals surface area contributed by atoms with E-state index >= 15 is 0 Å². The van der Waals surface area contributed by atoms with Gasteiger partial charge >= 0.3 is 0 Å². The number of hydrogen-bond acceptors (Lipinski definition) is 2. The van der Waals surface area contributed by atoms with Gasteiger partial charge in [0.15, 0.2) is 0 Å². The summed E-state index contributed by atoms with van der Waals surface area (Å²) in [4.78, 5) is 2.42. The van der Waals surface area contributed by atoms with E-state index in [0.29, 0.717) is 5.92 Å². The molecular formula is C16H25FN2. The fourth-order valence-corrected chi connectivity index (χ4v) is 2.57. The van der Waals surface area contributed by atoms with Gasteiger partial charge in [0.25, 0.3) is 0 Å². The Morgan fingerprint density at radius 3 is 2.84 bits per heavy atom. The van der Waals surface area contributed by atoms with Crippen molar-refractivity contribution in [1.29, 1.82) is 0 Å². The Morgan fingerprint density at radius 1 is 1.37 bits per heavy atom. The number of halogens is 1. The van der Waals surface area contributed by atoms with Crippen molar-refractivity contribution in [1.82, 2.24) is 10.2 Å². The molecule has 106 valence electrons. The SMILES string of the molecule is CC(C)(C)NCC1CCN(Cc2cccc(F)c2)C1. The zero-order valence-corrected chi connectivity index (χ0v) is 12.2. The molecule has 0 radical (unpaired) electrons. The zero-order valence-electron chi connectivity index (χ0n) is 12.2. The maximum absolute atomic E-state index is 13.1. The van der Waals surface area contributed by atoms with Crippen molar-refractivity contribution >= 4 is 0 Å². The molecule has 0 saturated carbocycles. The van der Waals surface area contributed by atoms with Gasteiger partial charge in [-0.3, -0.25) is 4.90 Å². The summed E-state index contributed by atoms with van der Waals surface area (Å²) in [5.41, 5.74) is 1.26. The van der Waals surface area contributed by atoms with Crippen molar-refractivity contribution in [3.8, 4) is 0 Å². The van der Waals surface area contributed by atoms with Crippen molar-refractivity contribution < 1.29 is 4.39 Å². The minimum atomic E-state index is -0.136. The number of rotatable bonds is 4. The first-order valence-corrected chi connectivity index (χ1v) is 7.14. The molecule has 2 nitrogen and oxygen atoms in total. The lowest BCUT2D eigenvalue weighted by atomic mass is 10.1. The molecule has 1 aromatic rings. The maximum atomic E-state index is 13.1. The fourth-order valence-electron chi connectivity index (χ4n) is 2.57. The molecule has 0 aromatic heterocycles. The number of nitrogens with zero attached hydrogens (tertiary/aromatic N) is 1. The second-order valence-corrected chi connectivity index (χ2v) is 6.65. The molecule has 1 fully saturated rings. The van der Waals surface area contributed by atoms with E-state index in [-0.39, 0.29) is 11.4 Å². The normalized spacial score (nSPS) is 20.9.